The molecule has 2 aliphatic rings. The Hall–Kier alpha value is -1.02. The first kappa shape index (κ1) is 16.8. The van der Waals surface area contributed by atoms with E-state index in [1.165, 1.54) is 29.4 Å². The number of nitrogens with zero attached hydrogens (tertiary/aromatic N) is 2. The first-order valence-corrected chi connectivity index (χ1v) is 9.48. The molecule has 2 fully saturated rings. The standard InChI is InChI=1S/C16H23FN2O3S/c1-13-15(17)3-2-4-16(13)23(20,21)19-8-6-18(7-9-19)11-14-5-10-22-12-14/h2-4,14H,5-12H2,1H3/t14-/m1/s1. The van der Waals surface area contributed by atoms with Gasteiger partial charge in [0.15, 0.2) is 0 Å². The molecule has 23 heavy (non-hydrogen) atoms. The molecule has 0 unspecified atom stereocenters. The highest BCUT2D eigenvalue weighted by atomic mass is 32.2. The van der Waals surface area contributed by atoms with E-state index >= 15 is 0 Å². The van der Waals surface area contributed by atoms with E-state index in [1.54, 1.807) is 0 Å². The van der Waals surface area contributed by atoms with Crippen LogP contribution in [0.5, 0.6) is 0 Å². The zero-order valence-corrected chi connectivity index (χ0v) is 14.2. The number of hydrogen-bond donors (Lipinski definition) is 0. The van der Waals surface area contributed by atoms with Gasteiger partial charge in [-0.15, -0.1) is 0 Å². The number of sulfonamides is 1. The van der Waals surface area contributed by atoms with Gasteiger partial charge >= 0.3 is 0 Å². The summed E-state index contributed by atoms with van der Waals surface area (Å²) >= 11 is 0. The van der Waals surface area contributed by atoms with Crippen LogP contribution in [0.15, 0.2) is 23.1 Å². The zero-order chi connectivity index (χ0) is 16.4. The van der Waals surface area contributed by atoms with Gasteiger partial charge in [0.2, 0.25) is 10.0 Å². The number of rotatable bonds is 4. The molecule has 5 nitrogen and oxygen atoms in total. The van der Waals surface area contributed by atoms with Crippen LogP contribution in [0.2, 0.25) is 0 Å². The van der Waals surface area contributed by atoms with Crippen molar-refractivity contribution in [3.8, 4) is 0 Å². The van der Waals surface area contributed by atoms with E-state index < -0.39 is 15.8 Å². The number of halogens is 1. The Labute approximate surface area is 137 Å². The highest BCUT2D eigenvalue weighted by molar-refractivity contribution is 7.89. The molecule has 0 amide bonds. The zero-order valence-electron chi connectivity index (χ0n) is 13.4. The third-order valence-corrected chi connectivity index (χ3v) is 6.75. The van der Waals surface area contributed by atoms with Crippen molar-refractivity contribution in [1.29, 1.82) is 0 Å². The fourth-order valence-corrected chi connectivity index (χ4v) is 4.91. The van der Waals surface area contributed by atoms with E-state index in [9.17, 15) is 12.8 Å². The Morgan fingerprint density at radius 3 is 2.65 bits per heavy atom. The molecule has 0 aromatic heterocycles. The van der Waals surface area contributed by atoms with Crippen LogP contribution in [0.1, 0.15) is 12.0 Å². The minimum absolute atomic E-state index is 0.0788. The number of piperazine rings is 1. The van der Waals surface area contributed by atoms with Gasteiger partial charge in [0.1, 0.15) is 5.82 Å². The molecule has 0 aliphatic carbocycles. The lowest BCUT2D eigenvalue weighted by atomic mass is 10.1. The minimum Gasteiger partial charge on any atom is -0.381 e. The van der Waals surface area contributed by atoms with Crippen molar-refractivity contribution in [2.24, 2.45) is 5.92 Å². The van der Waals surface area contributed by atoms with Gasteiger partial charge in [-0.2, -0.15) is 4.31 Å². The molecular weight excluding hydrogens is 319 g/mol. The van der Waals surface area contributed by atoms with Gasteiger partial charge < -0.3 is 9.64 Å². The second-order valence-corrected chi connectivity index (χ2v) is 8.20. The molecule has 7 heteroatoms. The first-order chi connectivity index (χ1) is 11.0. The van der Waals surface area contributed by atoms with Crippen molar-refractivity contribution < 1.29 is 17.5 Å². The van der Waals surface area contributed by atoms with Gasteiger partial charge in [-0.3, -0.25) is 0 Å². The molecule has 0 radical (unpaired) electrons. The van der Waals surface area contributed by atoms with Crippen LogP contribution in [0.3, 0.4) is 0 Å². The molecule has 2 aliphatic heterocycles. The van der Waals surface area contributed by atoms with Crippen LogP contribution in [-0.4, -0.2) is 63.6 Å². The average Bonchev–Trinajstić information content (AvgIpc) is 3.03. The van der Waals surface area contributed by atoms with Crippen molar-refractivity contribution in [3.05, 3.63) is 29.6 Å². The van der Waals surface area contributed by atoms with Crippen LogP contribution in [0.4, 0.5) is 4.39 Å². The van der Waals surface area contributed by atoms with Gasteiger partial charge in [0, 0.05) is 44.9 Å². The number of hydrogen-bond acceptors (Lipinski definition) is 4. The molecule has 3 rings (SSSR count). The van der Waals surface area contributed by atoms with E-state index in [0.29, 0.717) is 32.1 Å². The Morgan fingerprint density at radius 1 is 1.26 bits per heavy atom. The van der Waals surface area contributed by atoms with Gasteiger partial charge in [-0.25, -0.2) is 12.8 Å². The fraction of sp³-hybridized carbons (Fsp3) is 0.625. The normalized spacial score (nSPS) is 24.2. The number of ether oxygens (including phenoxy) is 1. The molecule has 1 atom stereocenters. The van der Waals surface area contributed by atoms with E-state index in [0.717, 1.165) is 26.2 Å². The summed E-state index contributed by atoms with van der Waals surface area (Å²) in [6.45, 7) is 6.44. The predicted molar refractivity (Wildman–Crippen MR) is 85.3 cm³/mol. The van der Waals surface area contributed by atoms with Crippen LogP contribution in [-0.2, 0) is 14.8 Å². The minimum atomic E-state index is -3.62. The molecule has 0 bridgehead atoms. The second kappa shape index (κ2) is 6.84. The summed E-state index contributed by atoms with van der Waals surface area (Å²) in [5.41, 5.74) is 0.193. The largest absolute Gasteiger partial charge is 0.381 e. The third-order valence-electron chi connectivity index (χ3n) is 4.71. The SMILES string of the molecule is Cc1c(F)cccc1S(=O)(=O)N1CCN(C[C@H]2CCOC2)CC1. The molecule has 128 valence electrons. The third kappa shape index (κ3) is 3.57. The predicted octanol–water partition coefficient (Wildman–Crippen LogP) is 1.48. The quantitative estimate of drug-likeness (QED) is 0.832. The molecule has 2 heterocycles. The van der Waals surface area contributed by atoms with Crippen molar-refractivity contribution in [1.82, 2.24) is 9.21 Å². The van der Waals surface area contributed by atoms with Gasteiger partial charge in [0.25, 0.3) is 0 Å². The van der Waals surface area contributed by atoms with E-state index in [-0.39, 0.29) is 10.5 Å². The molecule has 0 saturated carbocycles. The summed E-state index contributed by atoms with van der Waals surface area (Å²) in [6, 6.07) is 4.22. The molecule has 1 aromatic carbocycles. The summed E-state index contributed by atoms with van der Waals surface area (Å²) in [5.74, 6) is 0.0783. The monoisotopic (exact) mass is 342 g/mol. The Bertz CT molecular complexity index is 651. The van der Waals surface area contributed by atoms with Crippen molar-refractivity contribution >= 4 is 10.0 Å². The Kier molecular flexibility index (Phi) is 5.01. The highest BCUT2D eigenvalue weighted by Crippen LogP contribution is 2.23. The summed E-state index contributed by atoms with van der Waals surface area (Å²) in [5, 5.41) is 0. The topological polar surface area (TPSA) is 49.9 Å². The Morgan fingerprint density at radius 2 is 2.00 bits per heavy atom. The van der Waals surface area contributed by atoms with Gasteiger partial charge in [-0.05, 0) is 31.4 Å². The molecule has 0 spiro atoms. The molecule has 0 N–H and O–H groups in total. The van der Waals surface area contributed by atoms with Crippen molar-refractivity contribution in [3.63, 3.8) is 0 Å². The van der Waals surface area contributed by atoms with Crippen molar-refractivity contribution in [2.75, 3.05) is 45.9 Å². The lowest BCUT2D eigenvalue weighted by molar-refractivity contribution is 0.143. The van der Waals surface area contributed by atoms with Gasteiger partial charge in [0.05, 0.1) is 11.5 Å². The fourth-order valence-electron chi connectivity index (χ4n) is 3.25. The van der Waals surface area contributed by atoms with E-state index in [2.05, 4.69) is 4.90 Å². The molecule has 2 saturated heterocycles. The van der Waals surface area contributed by atoms with Crippen LogP contribution in [0.25, 0.3) is 0 Å². The summed E-state index contributed by atoms with van der Waals surface area (Å²) < 4.78 is 46.0. The van der Waals surface area contributed by atoms with Crippen LogP contribution in [0, 0.1) is 18.7 Å². The van der Waals surface area contributed by atoms with Crippen LogP contribution >= 0.6 is 0 Å². The lowest BCUT2D eigenvalue weighted by Gasteiger charge is -2.35. The van der Waals surface area contributed by atoms with Gasteiger partial charge in [-0.1, -0.05) is 6.07 Å². The lowest BCUT2D eigenvalue weighted by Crippen LogP contribution is -2.49. The number of benzene rings is 1. The maximum absolute atomic E-state index is 13.7. The smallest absolute Gasteiger partial charge is 0.243 e. The van der Waals surface area contributed by atoms with E-state index in [4.69, 9.17) is 4.74 Å². The maximum Gasteiger partial charge on any atom is 0.243 e. The average molecular weight is 342 g/mol. The molecule has 1 aromatic rings. The summed E-state index contributed by atoms with van der Waals surface area (Å²) in [7, 11) is -3.62. The molecular formula is C16H23FN2O3S. The summed E-state index contributed by atoms with van der Waals surface area (Å²) in [6.07, 6.45) is 1.08. The van der Waals surface area contributed by atoms with E-state index in [1.807, 2.05) is 0 Å². The first-order valence-electron chi connectivity index (χ1n) is 8.04. The highest BCUT2D eigenvalue weighted by Gasteiger charge is 2.31. The Balaban J connectivity index is 1.65. The van der Waals surface area contributed by atoms with Crippen molar-refractivity contribution in [2.45, 2.75) is 18.2 Å². The maximum atomic E-state index is 13.7. The second-order valence-electron chi connectivity index (χ2n) is 6.30. The summed E-state index contributed by atoms with van der Waals surface area (Å²) in [4.78, 5) is 2.37. The van der Waals surface area contributed by atoms with Crippen LogP contribution < -0.4 is 0 Å².